The minimum Gasteiger partial charge on any atom is -0.506 e. The highest BCUT2D eigenvalue weighted by Gasteiger charge is 2.11. The molecule has 1 fully saturated rings. The Labute approximate surface area is 106 Å². The van der Waals surface area contributed by atoms with Crippen molar-refractivity contribution in [2.75, 3.05) is 13.1 Å². The lowest BCUT2D eigenvalue weighted by atomic mass is 10.3. The van der Waals surface area contributed by atoms with Gasteiger partial charge in [-0.25, -0.2) is 0 Å². The van der Waals surface area contributed by atoms with Crippen LogP contribution in [0.2, 0.25) is 0 Å². The van der Waals surface area contributed by atoms with Crippen molar-refractivity contribution in [2.24, 2.45) is 5.10 Å². The Balaban J connectivity index is 2.12. The van der Waals surface area contributed by atoms with Gasteiger partial charge in [-0.05, 0) is 25.0 Å². The van der Waals surface area contributed by atoms with Crippen LogP contribution in [0.15, 0.2) is 17.2 Å². The van der Waals surface area contributed by atoms with Gasteiger partial charge in [0.05, 0.1) is 9.40 Å². The SMILES string of the molecule is Oc1ccc(O)c2sc(=NN3CCCC3)sc12. The molecule has 1 saturated heterocycles. The molecule has 6 heteroatoms. The van der Waals surface area contributed by atoms with Gasteiger partial charge in [-0.1, -0.05) is 22.7 Å². The molecule has 2 heterocycles. The number of aromatic hydroxyl groups is 2. The van der Waals surface area contributed by atoms with Crippen molar-refractivity contribution in [3.63, 3.8) is 0 Å². The first-order valence-corrected chi connectivity index (χ1v) is 7.11. The molecule has 0 bridgehead atoms. The van der Waals surface area contributed by atoms with E-state index in [1.807, 2.05) is 0 Å². The first-order chi connectivity index (χ1) is 8.24. The molecule has 2 N–H and O–H groups in total. The standard InChI is InChI=1S/C11H12N2O2S2/c14-7-3-4-8(15)10-9(7)16-11(17-10)12-13-5-1-2-6-13/h3-4,14-15H,1-2,5-6H2. The van der Waals surface area contributed by atoms with E-state index in [-0.39, 0.29) is 11.5 Å². The highest BCUT2D eigenvalue weighted by molar-refractivity contribution is 7.36. The maximum atomic E-state index is 9.72. The van der Waals surface area contributed by atoms with E-state index >= 15 is 0 Å². The molecule has 0 spiro atoms. The van der Waals surface area contributed by atoms with Crippen molar-refractivity contribution in [3.8, 4) is 11.5 Å². The van der Waals surface area contributed by atoms with E-state index in [0.29, 0.717) is 9.40 Å². The van der Waals surface area contributed by atoms with Crippen LogP contribution >= 0.6 is 22.7 Å². The summed E-state index contributed by atoms with van der Waals surface area (Å²) in [5, 5.41) is 26.0. The van der Waals surface area contributed by atoms with Crippen molar-refractivity contribution in [2.45, 2.75) is 12.8 Å². The van der Waals surface area contributed by atoms with Gasteiger partial charge < -0.3 is 10.2 Å². The van der Waals surface area contributed by atoms with Gasteiger partial charge in [0.15, 0.2) is 3.98 Å². The number of hydrogen-bond donors (Lipinski definition) is 2. The lowest BCUT2D eigenvalue weighted by molar-refractivity contribution is 0.350. The number of fused-ring (bicyclic) bond motifs is 1. The largest absolute Gasteiger partial charge is 0.506 e. The Morgan fingerprint density at radius 1 is 1.00 bits per heavy atom. The summed E-state index contributed by atoms with van der Waals surface area (Å²) in [6, 6.07) is 3.03. The summed E-state index contributed by atoms with van der Waals surface area (Å²) in [5.74, 6) is 0.420. The van der Waals surface area contributed by atoms with Crippen LogP contribution in [-0.4, -0.2) is 28.3 Å². The Morgan fingerprint density at radius 3 is 2.06 bits per heavy atom. The van der Waals surface area contributed by atoms with E-state index < -0.39 is 0 Å². The number of phenols is 2. The molecule has 0 amide bonds. The molecule has 1 aliphatic rings. The second-order valence-electron chi connectivity index (χ2n) is 3.99. The fourth-order valence-electron chi connectivity index (χ4n) is 1.89. The van der Waals surface area contributed by atoms with Crippen molar-refractivity contribution in [1.29, 1.82) is 0 Å². The smallest absolute Gasteiger partial charge is 0.191 e. The van der Waals surface area contributed by atoms with Crippen LogP contribution in [0, 0.1) is 0 Å². The molecular formula is C11H12N2O2S2. The highest BCUT2D eigenvalue weighted by atomic mass is 32.2. The molecule has 2 aromatic rings. The van der Waals surface area contributed by atoms with Gasteiger partial charge in [-0.15, -0.1) is 0 Å². The molecular weight excluding hydrogens is 256 g/mol. The first kappa shape index (κ1) is 10.9. The van der Waals surface area contributed by atoms with E-state index in [4.69, 9.17) is 0 Å². The lowest BCUT2D eigenvalue weighted by Gasteiger charge is -2.06. The van der Waals surface area contributed by atoms with Crippen molar-refractivity contribution < 1.29 is 10.2 Å². The molecule has 3 rings (SSSR count). The third-order valence-electron chi connectivity index (χ3n) is 2.75. The topological polar surface area (TPSA) is 56.1 Å². The quantitative estimate of drug-likeness (QED) is 0.780. The third kappa shape index (κ3) is 1.98. The van der Waals surface area contributed by atoms with Crippen LogP contribution in [0.25, 0.3) is 9.40 Å². The average Bonchev–Trinajstić information content (AvgIpc) is 2.94. The van der Waals surface area contributed by atoms with E-state index in [0.717, 1.165) is 17.1 Å². The van der Waals surface area contributed by atoms with Crippen molar-refractivity contribution in [3.05, 3.63) is 16.1 Å². The van der Waals surface area contributed by atoms with Crippen LogP contribution < -0.4 is 3.98 Å². The zero-order valence-corrected chi connectivity index (χ0v) is 10.7. The van der Waals surface area contributed by atoms with Gasteiger partial charge in [-0.3, -0.25) is 5.01 Å². The Morgan fingerprint density at radius 2 is 1.53 bits per heavy atom. The first-order valence-electron chi connectivity index (χ1n) is 5.48. The molecule has 0 unspecified atom stereocenters. The fraction of sp³-hybridized carbons (Fsp3) is 0.364. The summed E-state index contributed by atoms with van der Waals surface area (Å²) in [6.07, 6.45) is 2.38. The van der Waals surface area contributed by atoms with Crippen LogP contribution in [-0.2, 0) is 0 Å². The molecule has 1 aromatic heterocycles. The normalized spacial score (nSPS) is 15.6. The summed E-state index contributed by atoms with van der Waals surface area (Å²) in [4.78, 5) is 0. The second kappa shape index (κ2) is 4.19. The monoisotopic (exact) mass is 268 g/mol. The van der Waals surface area contributed by atoms with Crippen molar-refractivity contribution >= 4 is 32.1 Å². The molecule has 90 valence electrons. The number of hydrogen-bond acceptors (Lipinski definition) is 6. The zero-order chi connectivity index (χ0) is 11.8. The van der Waals surface area contributed by atoms with E-state index in [1.165, 1.54) is 47.6 Å². The van der Waals surface area contributed by atoms with Crippen LogP contribution in [0.3, 0.4) is 0 Å². The van der Waals surface area contributed by atoms with Crippen molar-refractivity contribution in [1.82, 2.24) is 5.01 Å². The summed E-state index contributed by atoms with van der Waals surface area (Å²) in [6.45, 7) is 2.00. The van der Waals surface area contributed by atoms with E-state index in [1.54, 1.807) is 0 Å². The molecule has 17 heavy (non-hydrogen) atoms. The molecule has 0 atom stereocenters. The maximum absolute atomic E-state index is 9.72. The second-order valence-corrected chi connectivity index (χ2v) is 6.25. The number of phenolic OH excluding ortho intramolecular Hbond substituents is 2. The number of benzene rings is 1. The minimum atomic E-state index is 0.210. The minimum absolute atomic E-state index is 0.210. The van der Waals surface area contributed by atoms with Gasteiger partial charge in [0, 0.05) is 13.1 Å². The third-order valence-corrected chi connectivity index (χ3v) is 5.13. The van der Waals surface area contributed by atoms with E-state index in [9.17, 15) is 10.2 Å². The Kier molecular flexibility index (Phi) is 2.68. The molecule has 1 aliphatic heterocycles. The summed E-state index contributed by atoms with van der Waals surface area (Å²) < 4.78 is 2.31. The predicted molar refractivity (Wildman–Crippen MR) is 69.4 cm³/mol. The molecule has 0 saturated carbocycles. The number of nitrogens with zero attached hydrogens (tertiary/aromatic N) is 2. The highest BCUT2D eigenvalue weighted by Crippen LogP contribution is 2.36. The van der Waals surface area contributed by atoms with Gasteiger partial charge in [0.2, 0.25) is 0 Å². The Hall–Kier alpha value is -1.27. The maximum Gasteiger partial charge on any atom is 0.191 e. The van der Waals surface area contributed by atoms with Gasteiger partial charge >= 0.3 is 0 Å². The van der Waals surface area contributed by atoms with Gasteiger partial charge in [-0.2, -0.15) is 5.10 Å². The average molecular weight is 268 g/mol. The zero-order valence-electron chi connectivity index (χ0n) is 9.09. The fourth-order valence-corrected chi connectivity index (χ4v) is 4.21. The van der Waals surface area contributed by atoms with Crippen LogP contribution in [0.4, 0.5) is 0 Å². The van der Waals surface area contributed by atoms with Crippen LogP contribution in [0.5, 0.6) is 11.5 Å². The lowest BCUT2D eigenvalue weighted by Crippen LogP contribution is -2.14. The van der Waals surface area contributed by atoms with Gasteiger partial charge in [0.1, 0.15) is 11.5 Å². The molecule has 0 radical (unpaired) electrons. The summed E-state index contributed by atoms with van der Waals surface area (Å²) in [5.41, 5.74) is 0. The van der Waals surface area contributed by atoms with Gasteiger partial charge in [0.25, 0.3) is 0 Å². The molecule has 0 aliphatic carbocycles. The van der Waals surface area contributed by atoms with E-state index in [2.05, 4.69) is 10.1 Å². The summed E-state index contributed by atoms with van der Waals surface area (Å²) in [7, 11) is 0. The predicted octanol–water partition coefficient (Wildman–Crippen LogP) is 2.29. The summed E-state index contributed by atoms with van der Waals surface area (Å²) >= 11 is 2.85. The van der Waals surface area contributed by atoms with Crippen LogP contribution in [0.1, 0.15) is 12.8 Å². The Bertz CT molecular complexity index is 569. The molecule has 1 aromatic carbocycles. The number of rotatable bonds is 1. The molecule has 4 nitrogen and oxygen atoms in total.